The number of aromatic nitrogens is 1. The first kappa shape index (κ1) is 18.2. The SMILES string of the molecule is CCc1ccc(C(CNC(=O)c2c(C)[nH]c3ccccc23)N(C)C)cc1. The maximum absolute atomic E-state index is 12.8. The van der Waals surface area contributed by atoms with E-state index >= 15 is 0 Å². The third-order valence-corrected chi connectivity index (χ3v) is 4.97. The average molecular weight is 349 g/mol. The number of para-hydroxylation sites is 1. The van der Waals surface area contributed by atoms with Gasteiger partial charge in [-0.25, -0.2) is 0 Å². The Labute approximate surface area is 155 Å². The van der Waals surface area contributed by atoms with E-state index in [4.69, 9.17) is 0 Å². The zero-order valence-electron chi connectivity index (χ0n) is 16.0. The van der Waals surface area contributed by atoms with E-state index in [0.29, 0.717) is 6.54 Å². The Morgan fingerprint density at radius 2 is 1.81 bits per heavy atom. The molecule has 0 bridgehead atoms. The Bertz CT molecular complexity index is 893. The molecule has 2 aromatic carbocycles. The molecule has 1 amide bonds. The van der Waals surface area contributed by atoms with Gasteiger partial charge in [-0.05, 0) is 44.6 Å². The number of benzene rings is 2. The summed E-state index contributed by atoms with van der Waals surface area (Å²) in [5.41, 5.74) is 5.17. The van der Waals surface area contributed by atoms with Crippen molar-refractivity contribution in [3.05, 3.63) is 70.9 Å². The van der Waals surface area contributed by atoms with Crippen molar-refractivity contribution in [2.75, 3.05) is 20.6 Å². The van der Waals surface area contributed by atoms with Gasteiger partial charge in [-0.1, -0.05) is 49.4 Å². The van der Waals surface area contributed by atoms with Crippen molar-refractivity contribution in [1.82, 2.24) is 15.2 Å². The molecule has 3 rings (SSSR count). The van der Waals surface area contributed by atoms with Gasteiger partial charge in [-0.2, -0.15) is 0 Å². The molecule has 0 saturated heterocycles. The molecule has 0 spiro atoms. The first-order valence-corrected chi connectivity index (χ1v) is 9.12. The van der Waals surface area contributed by atoms with Gasteiger partial charge in [0.1, 0.15) is 0 Å². The van der Waals surface area contributed by atoms with E-state index in [-0.39, 0.29) is 11.9 Å². The fourth-order valence-electron chi connectivity index (χ4n) is 3.42. The molecule has 0 radical (unpaired) electrons. The minimum Gasteiger partial charge on any atom is -0.358 e. The monoisotopic (exact) mass is 349 g/mol. The van der Waals surface area contributed by atoms with Crippen LogP contribution in [0.25, 0.3) is 10.9 Å². The topological polar surface area (TPSA) is 48.1 Å². The second kappa shape index (κ2) is 7.75. The molecule has 1 unspecified atom stereocenters. The van der Waals surface area contributed by atoms with E-state index in [9.17, 15) is 4.79 Å². The summed E-state index contributed by atoms with van der Waals surface area (Å²) < 4.78 is 0. The van der Waals surface area contributed by atoms with Crippen LogP contribution in [0, 0.1) is 6.92 Å². The Hall–Kier alpha value is -2.59. The number of aromatic amines is 1. The highest BCUT2D eigenvalue weighted by Crippen LogP contribution is 2.23. The van der Waals surface area contributed by atoms with Crippen molar-refractivity contribution in [2.45, 2.75) is 26.3 Å². The van der Waals surface area contributed by atoms with E-state index in [1.165, 1.54) is 11.1 Å². The number of carbonyl (C=O) groups excluding carboxylic acids is 1. The Balaban J connectivity index is 1.78. The van der Waals surface area contributed by atoms with Gasteiger partial charge in [-0.15, -0.1) is 0 Å². The van der Waals surface area contributed by atoms with Crippen LogP contribution in [-0.2, 0) is 6.42 Å². The zero-order chi connectivity index (χ0) is 18.7. The highest BCUT2D eigenvalue weighted by molar-refractivity contribution is 6.08. The number of H-pyrrole nitrogens is 1. The molecule has 1 atom stereocenters. The number of carbonyl (C=O) groups is 1. The summed E-state index contributed by atoms with van der Waals surface area (Å²) in [5, 5.41) is 4.09. The van der Waals surface area contributed by atoms with Gasteiger partial charge in [0.25, 0.3) is 5.91 Å². The molecule has 136 valence electrons. The molecule has 4 nitrogen and oxygen atoms in total. The van der Waals surface area contributed by atoms with E-state index in [1.807, 2.05) is 45.3 Å². The van der Waals surface area contributed by atoms with Crippen molar-refractivity contribution in [1.29, 1.82) is 0 Å². The number of aryl methyl sites for hydroxylation is 2. The van der Waals surface area contributed by atoms with Gasteiger partial charge < -0.3 is 15.2 Å². The summed E-state index contributed by atoms with van der Waals surface area (Å²) >= 11 is 0. The standard InChI is InChI=1S/C22H27N3O/c1-5-16-10-12-17(13-11-16)20(25(3)4)14-23-22(26)21-15(2)24-19-9-7-6-8-18(19)21/h6-13,20,24H,5,14H2,1-4H3,(H,23,26). The summed E-state index contributed by atoms with van der Waals surface area (Å²) in [4.78, 5) is 18.3. The lowest BCUT2D eigenvalue weighted by Gasteiger charge is -2.25. The molecule has 1 heterocycles. The smallest absolute Gasteiger partial charge is 0.253 e. The van der Waals surface area contributed by atoms with Crippen LogP contribution in [0.2, 0.25) is 0 Å². The van der Waals surface area contributed by atoms with Crippen molar-refractivity contribution >= 4 is 16.8 Å². The molecular formula is C22H27N3O. The lowest BCUT2D eigenvalue weighted by atomic mass is 10.0. The Kier molecular flexibility index (Phi) is 5.43. The molecule has 1 aromatic heterocycles. The van der Waals surface area contributed by atoms with Gasteiger partial charge in [0.2, 0.25) is 0 Å². The predicted octanol–water partition coefficient (Wildman–Crippen LogP) is 4.07. The average Bonchev–Trinajstić information content (AvgIpc) is 2.97. The molecular weight excluding hydrogens is 322 g/mol. The molecule has 0 fully saturated rings. The molecule has 2 N–H and O–H groups in total. The fourth-order valence-corrected chi connectivity index (χ4v) is 3.42. The van der Waals surface area contributed by atoms with Gasteiger partial charge in [0.15, 0.2) is 0 Å². The van der Waals surface area contributed by atoms with Gasteiger partial charge in [-0.3, -0.25) is 4.79 Å². The van der Waals surface area contributed by atoms with E-state index < -0.39 is 0 Å². The second-order valence-electron chi connectivity index (χ2n) is 6.96. The van der Waals surface area contributed by atoms with Crippen LogP contribution in [-0.4, -0.2) is 36.4 Å². The van der Waals surface area contributed by atoms with Crippen LogP contribution in [0.3, 0.4) is 0 Å². The first-order chi connectivity index (χ1) is 12.5. The molecule has 4 heteroatoms. The van der Waals surface area contributed by atoms with Crippen LogP contribution in [0.5, 0.6) is 0 Å². The summed E-state index contributed by atoms with van der Waals surface area (Å²) in [6.07, 6.45) is 1.03. The van der Waals surface area contributed by atoms with Crippen LogP contribution in [0.4, 0.5) is 0 Å². The number of amides is 1. The zero-order valence-corrected chi connectivity index (χ0v) is 16.0. The number of nitrogens with one attached hydrogen (secondary N) is 2. The normalized spacial score (nSPS) is 12.5. The lowest BCUT2D eigenvalue weighted by molar-refractivity contribution is 0.0943. The number of likely N-dealkylation sites (N-methyl/N-ethyl adjacent to an activating group) is 1. The predicted molar refractivity (Wildman–Crippen MR) is 108 cm³/mol. The van der Waals surface area contributed by atoms with Crippen LogP contribution in [0.15, 0.2) is 48.5 Å². The lowest BCUT2D eigenvalue weighted by Crippen LogP contribution is -2.34. The summed E-state index contributed by atoms with van der Waals surface area (Å²) in [6.45, 7) is 4.67. The van der Waals surface area contributed by atoms with Crippen molar-refractivity contribution in [3.63, 3.8) is 0 Å². The molecule has 0 aliphatic carbocycles. The van der Waals surface area contributed by atoms with Crippen molar-refractivity contribution in [2.24, 2.45) is 0 Å². The minimum atomic E-state index is -0.0306. The van der Waals surface area contributed by atoms with Crippen molar-refractivity contribution < 1.29 is 4.79 Å². The summed E-state index contributed by atoms with van der Waals surface area (Å²) in [6, 6.07) is 16.7. The number of fused-ring (bicyclic) bond motifs is 1. The molecule has 26 heavy (non-hydrogen) atoms. The minimum absolute atomic E-state index is 0.0306. The Morgan fingerprint density at radius 3 is 2.46 bits per heavy atom. The maximum Gasteiger partial charge on any atom is 0.253 e. The number of rotatable bonds is 6. The summed E-state index contributed by atoms with van der Waals surface area (Å²) in [5.74, 6) is -0.0306. The number of nitrogens with zero attached hydrogens (tertiary/aromatic N) is 1. The maximum atomic E-state index is 12.8. The van der Waals surface area contributed by atoms with Gasteiger partial charge in [0.05, 0.1) is 11.6 Å². The van der Waals surface area contributed by atoms with Crippen molar-refractivity contribution in [3.8, 4) is 0 Å². The van der Waals surface area contributed by atoms with Crippen LogP contribution < -0.4 is 5.32 Å². The fraction of sp³-hybridized carbons (Fsp3) is 0.318. The highest BCUT2D eigenvalue weighted by Gasteiger charge is 2.19. The first-order valence-electron chi connectivity index (χ1n) is 9.12. The summed E-state index contributed by atoms with van der Waals surface area (Å²) in [7, 11) is 4.09. The van der Waals surface area contributed by atoms with Crippen LogP contribution >= 0.6 is 0 Å². The second-order valence-corrected chi connectivity index (χ2v) is 6.96. The largest absolute Gasteiger partial charge is 0.358 e. The molecule has 0 saturated carbocycles. The van der Waals surface area contributed by atoms with Gasteiger partial charge >= 0.3 is 0 Å². The number of hydrogen-bond donors (Lipinski definition) is 2. The Morgan fingerprint density at radius 1 is 1.12 bits per heavy atom. The van der Waals surface area contributed by atoms with E-state index in [1.54, 1.807) is 0 Å². The van der Waals surface area contributed by atoms with E-state index in [0.717, 1.165) is 28.6 Å². The quantitative estimate of drug-likeness (QED) is 0.705. The molecule has 0 aliphatic rings. The molecule has 0 aliphatic heterocycles. The highest BCUT2D eigenvalue weighted by atomic mass is 16.1. The number of hydrogen-bond acceptors (Lipinski definition) is 2. The third kappa shape index (κ3) is 3.65. The van der Waals surface area contributed by atoms with Crippen LogP contribution in [0.1, 0.15) is 40.1 Å². The molecule has 3 aromatic rings. The third-order valence-electron chi connectivity index (χ3n) is 4.97. The van der Waals surface area contributed by atoms with Gasteiger partial charge in [0, 0.05) is 23.1 Å². The van der Waals surface area contributed by atoms with E-state index in [2.05, 4.69) is 46.4 Å².